The van der Waals surface area contributed by atoms with E-state index in [1.807, 2.05) is 6.92 Å². The molecule has 0 spiro atoms. The van der Waals surface area contributed by atoms with E-state index in [-0.39, 0.29) is 6.61 Å². The Balaban J connectivity index is 2.82. The quantitative estimate of drug-likeness (QED) is 0.398. The molecule has 0 aromatic carbocycles. The van der Waals surface area contributed by atoms with Crippen LogP contribution in [0.25, 0.3) is 0 Å². The fraction of sp³-hybridized carbons (Fsp3) is 0.500. The van der Waals surface area contributed by atoms with E-state index in [4.69, 9.17) is 10.3 Å². The number of oxime groups is 1. The molecule has 0 amide bonds. The molecule has 5 nitrogen and oxygen atoms in total. The van der Waals surface area contributed by atoms with Gasteiger partial charge in [0, 0.05) is 6.54 Å². The minimum absolute atomic E-state index is 0.0705. The van der Waals surface area contributed by atoms with Gasteiger partial charge in [0.25, 0.3) is 0 Å². The molecule has 0 saturated carbocycles. The molecule has 1 heterocycles. The summed E-state index contributed by atoms with van der Waals surface area (Å²) in [6, 6.07) is 0. The lowest BCUT2D eigenvalue weighted by atomic mass is 10.3. The van der Waals surface area contributed by atoms with E-state index in [1.54, 1.807) is 6.92 Å². The number of anilines is 1. The van der Waals surface area contributed by atoms with E-state index in [9.17, 15) is 0 Å². The molecule has 78 valence electrons. The maximum atomic E-state index is 8.61. The largest absolute Gasteiger partial charge is 0.411 e. The van der Waals surface area contributed by atoms with Gasteiger partial charge >= 0.3 is 0 Å². The Kier molecular flexibility index (Phi) is 3.84. The molecule has 0 radical (unpaired) electrons. The van der Waals surface area contributed by atoms with Crippen LogP contribution in [0.15, 0.2) is 5.16 Å². The number of aromatic nitrogens is 1. The number of aliphatic hydroxyl groups is 1. The highest BCUT2D eigenvalue weighted by molar-refractivity contribution is 7.17. The number of thiazole rings is 1. The molecule has 3 N–H and O–H groups in total. The van der Waals surface area contributed by atoms with Crippen LogP contribution in [0.3, 0.4) is 0 Å². The molecule has 0 fully saturated rings. The Morgan fingerprint density at radius 3 is 2.93 bits per heavy atom. The summed E-state index contributed by atoms with van der Waals surface area (Å²) in [4.78, 5) is 5.08. The van der Waals surface area contributed by atoms with Crippen LogP contribution in [0.4, 0.5) is 5.13 Å². The van der Waals surface area contributed by atoms with E-state index < -0.39 is 0 Å². The van der Waals surface area contributed by atoms with Gasteiger partial charge in [-0.2, -0.15) is 0 Å². The van der Waals surface area contributed by atoms with Gasteiger partial charge in [-0.3, -0.25) is 0 Å². The van der Waals surface area contributed by atoms with E-state index in [0.717, 1.165) is 15.7 Å². The second-order valence-electron chi connectivity index (χ2n) is 2.77. The standard InChI is InChI=1S/C8H13N3O2S/c1-5-7(6(2)11-13)14-8(10-5)9-3-4-12/h12-13H,3-4H2,1-2H3,(H,9,10)/b11-6+. The highest BCUT2D eigenvalue weighted by Gasteiger charge is 2.09. The molecular formula is C8H13N3O2S. The molecule has 1 aromatic rings. The van der Waals surface area contributed by atoms with Gasteiger partial charge in [0.2, 0.25) is 0 Å². The van der Waals surface area contributed by atoms with E-state index in [2.05, 4.69) is 15.5 Å². The van der Waals surface area contributed by atoms with Crippen LogP contribution in [0.1, 0.15) is 17.5 Å². The van der Waals surface area contributed by atoms with Crippen LogP contribution in [0, 0.1) is 6.92 Å². The van der Waals surface area contributed by atoms with Gasteiger partial charge < -0.3 is 15.6 Å². The topological polar surface area (TPSA) is 77.7 Å². The van der Waals surface area contributed by atoms with Crippen LogP contribution in [-0.4, -0.2) is 34.2 Å². The molecule has 0 aliphatic carbocycles. The van der Waals surface area contributed by atoms with Crippen molar-refractivity contribution in [1.29, 1.82) is 0 Å². The number of aryl methyl sites for hydroxylation is 1. The van der Waals surface area contributed by atoms with Crippen molar-refractivity contribution in [2.45, 2.75) is 13.8 Å². The summed E-state index contributed by atoms with van der Waals surface area (Å²) >= 11 is 1.41. The third-order valence-electron chi connectivity index (χ3n) is 1.66. The van der Waals surface area contributed by atoms with Gasteiger partial charge in [-0.1, -0.05) is 16.5 Å². The van der Waals surface area contributed by atoms with Crippen molar-refractivity contribution in [3.8, 4) is 0 Å². The van der Waals surface area contributed by atoms with Crippen molar-refractivity contribution in [3.05, 3.63) is 10.6 Å². The van der Waals surface area contributed by atoms with Gasteiger partial charge in [-0.15, -0.1) is 0 Å². The SMILES string of the molecule is C/C(=N\O)c1sc(NCCO)nc1C. The zero-order chi connectivity index (χ0) is 10.6. The minimum atomic E-state index is 0.0705. The van der Waals surface area contributed by atoms with Crippen LogP contribution < -0.4 is 5.32 Å². The summed E-state index contributed by atoms with van der Waals surface area (Å²) in [5, 5.41) is 24.0. The molecule has 0 aliphatic heterocycles. The number of hydrogen-bond acceptors (Lipinski definition) is 6. The van der Waals surface area contributed by atoms with E-state index >= 15 is 0 Å². The fourth-order valence-electron chi connectivity index (χ4n) is 1.02. The third kappa shape index (κ3) is 2.43. The number of hydrogen-bond donors (Lipinski definition) is 3. The summed E-state index contributed by atoms with van der Waals surface area (Å²) in [5.41, 5.74) is 1.38. The van der Waals surface area contributed by atoms with Crippen LogP contribution in [-0.2, 0) is 0 Å². The van der Waals surface area contributed by atoms with Crippen molar-refractivity contribution in [1.82, 2.24) is 4.98 Å². The maximum Gasteiger partial charge on any atom is 0.183 e. The molecule has 0 atom stereocenters. The number of rotatable bonds is 4. The van der Waals surface area contributed by atoms with Gasteiger partial charge in [0.1, 0.15) is 0 Å². The van der Waals surface area contributed by atoms with Gasteiger partial charge in [0.05, 0.1) is 22.9 Å². The second-order valence-corrected chi connectivity index (χ2v) is 3.77. The molecule has 14 heavy (non-hydrogen) atoms. The first-order valence-electron chi connectivity index (χ1n) is 4.20. The van der Waals surface area contributed by atoms with Crippen molar-refractivity contribution in [2.24, 2.45) is 5.16 Å². The first-order valence-corrected chi connectivity index (χ1v) is 5.02. The summed E-state index contributed by atoms with van der Waals surface area (Å²) in [7, 11) is 0. The molecule has 0 unspecified atom stereocenters. The molecule has 0 bridgehead atoms. The van der Waals surface area contributed by atoms with E-state index in [1.165, 1.54) is 11.3 Å². The Morgan fingerprint density at radius 2 is 2.36 bits per heavy atom. The van der Waals surface area contributed by atoms with Crippen molar-refractivity contribution in [2.75, 3.05) is 18.5 Å². The normalized spacial score (nSPS) is 11.8. The first-order chi connectivity index (χ1) is 6.69. The van der Waals surface area contributed by atoms with Gasteiger partial charge in [-0.25, -0.2) is 4.98 Å². The number of nitrogens with zero attached hydrogens (tertiary/aromatic N) is 2. The smallest absolute Gasteiger partial charge is 0.183 e. The zero-order valence-electron chi connectivity index (χ0n) is 8.11. The van der Waals surface area contributed by atoms with Crippen molar-refractivity contribution in [3.63, 3.8) is 0 Å². The molecule has 6 heteroatoms. The van der Waals surface area contributed by atoms with Crippen molar-refractivity contribution >= 4 is 22.2 Å². The lowest BCUT2D eigenvalue weighted by molar-refractivity contribution is 0.311. The molecule has 0 aliphatic rings. The summed E-state index contributed by atoms with van der Waals surface area (Å²) in [5.74, 6) is 0. The first kappa shape index (κ1) is 10.9. The monoisotopic (exact) mass is 215 g/mol. The molecule has 0 saturated heterocycles. The second kappa shape index (κ2) is 4.92. The van der Waals surface area contributed by atoms with Crippen LogP contribution in [0.2, 0.25) is 0 Å². The predicted molar refractivity (Wildman–Crippen MR) is 56.4 cm³/mol. The number of nitrogens with one attached hydrogen (secondary N) is 1. The Labute approximate surface area is 86.1 Å². The Morgan fingerprint density at radius 1 is 1.64 bits per heavy atom. The zero-order valence-corrected chi connectivity index (χ0v) is 8.93. The summed E-state index contributed by atoms with van der Waals surface area (Å²) in [6.45, 7) is 4.11. The third-order valence-corrected chi connectivity index (χ3v) is 2.89. The van der Waals surface area contributed by atoms with Crippen LogP contribution >= 0.6 is 11.3 Å². The van der Waals surface area contributed by atoms with Gasteiger partial charge in [0.15, 0.2) is 5.13 Å². The molecule has 1 rings (SSSR count). The van der Waals surface area contributed by atoms with Crippen LogP contribution in [0.5, 0.6) is 0 Å². The predicted octanol–water partition coefficient (Wildman–Crippen LogP) is 1.05. The highest BCUT2D eigenvalue weighted by Crippen LogP contribution is 2.22. The average molecular weight is 215 g/mol. The Hall–Kier alpha value is -1.14. The summed E-state index contributed by atoms with van der Waals surface area (Å²) in [6.07, 6.45) is 0. The van der Waals surface area contributed by atoms with E-state index in [0.29, 0.717) is 12.3 Å². The summed E-state index contributed by atoms with van der Waals surface area (Å²) < 4.78 is 0. The molecular weight excluding hydrogens is 202 g/mol. The minimum Gasteiger partial charge on any atom is -0.411 e. The number of aliphatic hydroxyl groups excluding tert-OH is 1. The average Bonchev–Trinajstić information content (AvgIpc) is 2.55. The highest BCUT2D eigenvalue weighted by atomic mass is 32.1. The Bertz CT molecular complexity index is 335. The fourth-order valence-corrected chi connectivity index (χ4v) is 1.95. The lowest BCUT2D eigenvalue weighted by Gasteiger charge is -1.96. The maximum absolute atomic E-state index is 8.61. The van der Waals surface area contributed by atoms with Crippen molar-refractivity contribution < 1.29 is 10.3 Å². The molecule has 1 aromatic heterocycles. The van der Waals surface area contributed by atoms with Gasteiger partial charge in [-0.05, 0) is 13.8 Å². The lowest BCUT2D eigenvalue weighted by Crippen LogP contribution is -2.04.